The lowest BCUT2D eigenvalue weighted by Crippen LogP contribution is -2.06. The highest BCUT2D eigenvalue weighted by Crippen LogP contribution is 2.30. The van der Waals surface area contributed by atoms with Gasteiger partial charge in [0.15, 0.2) is 5.78 Å². The van der Waals surface area contributed by atoms with Gasteiger partial charge in [-0.1, -0.05) is 32.9 Å². The zero-order valence-corrected chi connectivity index (χ0v) is 11.6. The van der Waals surface area contributed by atoms with Crippen molar-refractivity contribution in [3.05, 3.63) is 34.2 Å². The molecule has 2 rings (SSSR count). The maximum absolute atomic E-state index is 10.8. The van der Waals surface area contributed by atoms with Crippen LogP contribution in [-0.4, -0.2) is 12.4 Å². The fourth-order valence-electron chi connectivity index (χ4n) is 1.27. The van der Waals surface area contributed by atoms with Crippen molar-refractivity contribution in [2.75, 3.05) is 6.61 Å². The van der Waals surface area contributed by atoms with Gasteiger partial charge in [0.05, 0.1) is 0 Å². The molecule has 1 aromatic heterocycles. The molecule has 0 bridgehead atoms. The lowest BCUT2D eigenvalue weighted by Gasteiger charge is -2.04. The number of carbonyl (C=O) groups excluding carboxylic acids is 1. The summed E-state index contributed by atoms with van der Waals surface area (Å²) in [6.45, 7) is 1.63. The molecule has 0 aliphatic carbocycles. The van der Waals surface area contributed by atoms with Gasteiger partial charge in [0.1, 0.15) is 16.2 Å². The maximum Gasteiger partial charge on any atom is 0.167 e. The van der Waals surface area contributed by atoms with E-state index in [0.717, 1.165) is 14.3 Å². The molecule has 0 amide bonds. The molecule has 2 nitrogen and oxygen atoms in total. The van der Waals surface area contributed by atoms with Crippen molar-refractivity contribution in [2.45, 2.75) is 6.92 Å². The van der Waals surface area contributed by atoms with Gasteiger partial charge >= 0.3 is 0 Å². The summed E-state index contributed by atoms with van der Waals surface area (Å²) >= 11 is 5.10. The molecule has 0 N–H and O–H groups in total. The van der Waals surface area contributed by atoms with Gasteiger partial charge in [-0.2, -0.15) is 0 Å². The normalized spacial score (nSPS) is 10.2. The molecule has 0 atom stereocenters. The predicted octanol–water partition coefficient (Wildman–Crippen LogP) is 4.17. The van der Waals surface area contributed by atoms with E-state index in [1.807, 2.05) is 30.3 Å². The molecule has 0 aliphatic rings. The Morgan fingerprint density at radius 3 is 2.53 bits per heavy atom. The van der Waals surface area contributed by atoms with Crippen molar-refractivity contribution < 1.29 is 9.53 Å². The van der Waals surface area contributed by atoms with E-state index in [1.165, 1.54) is 6.92 Å². The summed E-state index contributed by atoms with van der Waals surface area (Å²) < 4.78 is 6.20. The van der Waals surface area contributed by atoms with Gasteiger partial charge in [-0.15, -0.1) is 0 Å². The van der Waals surface area contributed by atoms with Gasteiger partial charge in [-0.05, 0) is 42.8 Å². The number of ether oxygens (including phenoxy) is 1. The molecule has 0 saturated heterocycles. The number of benzene rings is 1. The summed E-state index contributed by atoms with van der Waals surface area (Å²) in [5.41, 5.74) is 1.12. The summed E-state index contributed by atoms with van der Waals surface area (Å²) in [6.07, 6.45) is 0. The molecule has 0 fully saturated rings. The van der Waals surface area contributed by atoms with Gasteiger partial charge in [0, 0.05) is 4.88 Å². The molecule has 0 radical (unpaired) electrons. The number of carbonyl (C=O) groups is 1. The molecule has 88 valence electrons. The van der Waals surface area contributed by atoms with Gasteiger partial charge in [0.25, 0.3) is 0 Å². The van der Waals surface area contributed by atoms with Gasteiger partial charge < -0.3 is 4.74 Å². The average Bonchev–Trinajstić information content (AvgIpc) is 2.74. The summed E-state index contributed by atoms with van der Waals surface area (Å²) in [5, 5.41) is 0. The largest absolute Gasteiger partial charge is 0.486 e. The highest BCUT2D eigenvalue weighted by atomic mass is 32.9. The van der Waals surface area contributed by atoms with E-state index in [2.05, 4.69) is 0 Å². The van der Waals surface area contributed by atoms with Crippen LogP contribution in [0.5, 0.6) is 5.75 Å². The Hall–Kier alpha value is -1.04. The van der Waals surface area contributed by atoms with Crippen molar-refractivity contribution in [3.8, 4) is 16.2 Å². The van der Waals surface area contributed by atoms with Crippen LogP contribution in [0.1, 0.15) is 6.92 Å². The SMILES string of the molecule is CC(=O)COc1ccc(-c2cc(=S)ss2)cc1. The van der Waals surface area contributed by atoms with Gasteiger partial charge in [-0.25, -0.2) is 0 Å². The van der Waals surface area contributed by atoms with Crippen molar-refractivity contribution in [3.63, 3.8) is 0 Å². The van der Waals surface area contributed by atoms with Gasteiger partial charge in [-0.3, -0.25) is 4.79 Å². The molecular formula is C12H10O2S3. The van der Waals surface area contributed by atoms with Crippen LogP contribution in [0.25, 0.3) is 10.4 Å². The molecule has 1 heterocycles. The van der Waals surface area contributed by atoms with E-state index in [9.17, 15) is 4.79 Å². The first-order valence-electron chi connectivity index (χ1n) is 4.98. The monoisotopic (exact) mass is 282 g/mol. The number of Topliss-reactive ketones (excluding diaryl/α,β-unsaturated/α-hetero) is 1. The molecule has 5 heteroatoms. The highest BCUT2D eigenvalue weighted by Gasteiger charge is 2.01. The third-order valence-corrected chi connectivity index (χ3v) is 4.95. The van der Waals surface area contributed by atoms with Crippen LogP contribution < -0.4 is 4.74 Å². The standard InChI is InChI=1S/C12H10O2S3/c1-8(13)7-14-10-4-2-9(3-5-10)11-6-12(15)17-16-11/h2-6H,7H2,1H3. The molecular weight excluding hydrogens is 272 g/mol. The topological polar surface area (TPSA) is 26.3 Å². The van der Waals surface area contributed by atoms with Crippen LogP contribution in [0.15, 0.2) is 30.3 Å². The van der Waals surface area contributed by atoms with Gasteiger partial charge in [0.2, 0.25) is 0 Å². The third kappa shape index (κ3) is 3.46. The van der Waals surface area contributed by atoms with Crippen LogP contribution in [-0.2, 0) is 4.79 Å². The molecule has 0 aliphatic heterocycles. The van der Waals surface area contributed by atoms with Crippen LogP contribution in [0.3, 0.4) is 0 Å². The summed E-state index contributed by atoms with van der Waals surface area (Å²) in [6, 6.07) is 9.68. The summed E-state index contributed by atoms with van der Waals surface area (Å²) in [7, 11) is 3.27. The van der Waals surface area contributed by atoms with Crippen molar-refractivity contribution in [1.29, 1.82) is 0 Å². The quantitative estimate of drug-likeness (QED) is 0.622. The highest BCUT2D eigenvalue weighted by molar-refractivity contribution is 7.80. The van der Waals surface area contributed by atoms with Crippen molar-refractivity contribution >= 4 is 38.7 Å². The van der Waals surface area contributed by atoms with Crippen molar-refractivity contribution in [1.82, 2.24) is 0 Å². The number of rotatable bonds is 4. The lowest BCUT2D eigenvalue weighted by molar-refractivity contribution is -0.118. The lowest BCUT2D eigenvalue weighted by atomic mass is 10.2. The van der Waals surface area contributed by atoms with E-state index < -0.39 is 0 Å². The molecule has 17 heavy (non-hydrogen) atoms. The number of hydrogen-bond donors (Lipinski definition) is 0. The van der Waals surface area contributed by atoms with E-state index in [0.29, 0.717) is 5.75 Å². The minimum Gasteiger partial charge on any atom is -0.486 e. The van der Waals surface area contributed by atoms with E-state index in [1.54, 1.807) is 20.7 Å². The summed E-state index contributed by atoms with van der Waals surface area (Å²) in [4.78, 5) is 11.9. The summed E-state index contributed by atoms with van der Waals surface area (Å²) in [5.74, 6) is 0.729. The Balaban J connectivity index is 2.13. The van der Waals surface area contributed by atoms with Crippen LogP contribution in [0.2, 0.25) is 0 Å². The Bertz CT molecular complexity index is 566. The van der Waals surface area contributed by atoms with Crippen LogP contribution >= 0.6 is 32.9 Å². The Labute approximate surface area is 112 Å². The second kappa shape index (κ2) is 5.53. The second-order valence-corrected chi connectivity index (χ2v) is 6.42. The van der Waals surface area contributed by atoms with E-state index in [-0.39, 0.29) is 12.4 Å². The maximum atomic E-state index is 10.8. The molecule has 1 aromatic carbocycles. The molecule has 0 spiro atoms. The number of ketones is 1. The van der Waals surface area contributed by atoms with Crippen LogP contribution in [0.4, 0.5) is 0 Å². The second-order valence-electron chi connectivity index (χ2n) is 3.51. The third-order valence-electron chi connectivity index (χ3n) is 2.04. The Morgan fingerprint density at radius 2 is 2.00 bits per heavy atom. The zero-order valence-electron chi connectivity index (χ0n) is 9.14. The first kappa shape index (κ1) is 12.4. The average molecular weight is 282 g/mol. The zero-order chi connectivity index (χ0) is 12.3. The molecule has 0 unspecified atom stereocenters. The van der Waals surface area contributed by atoms with E-state index >= 15 is 0 Å². The van der Waals surface area contributed by atoms with Crippen LogP contribution in [0, 0.1) is 3.82 Å². The first-order valence-corrected chi connectivity index (χ1v) is 7.54. The Morgan fingerprint density at radius 1 is 1.29 bits per heavy atom. The molecule has 0 saturated carbocycles. The fraction of sp³-hybridized carbons (Fsp3) is 0.167. The predicted molar refractivity (Wildman–Crippen MR) is 74.6 cm³/mol. The van der Waals surface area contributed by atoms with E-state index in [4.69, 9.17) is 17.0 Å². The van der Waals surface area contributed by atoms with Crippen molar-refractivity contribution in [2.24, 2.45) is 0 Å². The smallest absolute Gasteiger partial charge is 0.167 e. The first-order chi connectivity index (χ1) is 8.15. The Kier molecular flexibility index (Phi) is 4.04. The molecule has 2 aromatic rings. The fourth-order valence-corrected chi connectivity index (χ4v) is 3.68. The number of hydrogen-bond acceptors (Lipinski definition) is 5. The minimum atomic E-state index is 0.0184. The minimum absolute atomic E-state index is 0.0184.